The van der Waals surface area contributed by atoms with Gasteiger partial charge in [0.15, 0.2) is 6.10 Å². The molecule has 5 nitrogen and oxygen atoms in total. The number of esters is 1. The number of benzene rings is 1. The van der Waals surface area contributed by atoms with Crippen LogP contribution < -0.4 is 11.1 Å². The second-order valence-corrected chi connectivity index (χ2v) is 4.76. The summed E-state index contributed by atoms with van der Waals surface area (Å²) in [5.41, 5.74) is 7.05. The van der Waals surface area contributed by atoms with Gasteiger partial charge in [0.1, 0.15) is 0 Å². The number of amides is 1. The molecule has 1 aromatic rings. The molecule has 0 saturated heterocycles. The van der Waals surface area contributed by atoms with Gasteiger partial charge in [-0.25, -0.2) is 0 Å². The van der Waals surface area contributed by atoms with E-state index >= 15 is 0 Å². The summed E-state index contributed by atoms with van der Waals surface area (Å²) in [7, 11) is 0. The molecule has 0 bridgehead atoms. The zero-order chi connectivity index (χ0) is 15.1. The second kappa shape index (κ2) is 7.53. The lowest BCUT2D eigenvalue weighted by Gasteiger charge is -2.17. The standard InChI is InChI=1S/C15H22N2O3/c1-4-8-17-14(18)11(3)20-15(19)10(2)12-6-5-7-13(16)9-12/h5-7,9-11H,4,8,16H2,1-3H3,(H,17,18). The molecule has 2 unspecified atom stereocenters. The maximum absolute atomic E-state index is 12.0. The normalized spacial score (nSPS) is 13.3. The molecule has 0 aliphatic rings. The maximum Gasteiger partial charge on any atom is 0.313 e. The molecule has 0 heterocycles. The number of carbonyl (C=O) groups is 2. The highest BCUT2D eigenvalue weighted by molar-refractivity contribution is 5.85. The average Bonchev–Trinajstić information content (AvgIpc) is 2.43. The Morgan fingerprint density at radius 2 is 2.05 bits per heavy atom. The van der Waals surface area contributed by atoms with Crippen molar-refractivity contribution in [3.8, 4) is 0 Å². The van der Waals surface area contributed by atoms with Crippen LogP contribution in [0.4, 0.5) is 5.69 Å². The smallest absolute Gasteiger partial charge is 0.313 e. The summed E-state index contributed by atoms with van der Waals surface area (Å²) in [4.78, 5) is 23.6. The van der Waals surface area contributed by atoms with E-state index in [1.165, 1.54) is 0 Å². The van der Waals surface area contributed by atoms with Gasteiger partial charge in [-0.05, 0) is 38.0 Å². The summed E-state index contributed by atoms with van der Waals surface area (Å²) < 4.78 is 5.17. The lowest BCUT2D eigenvalue weighted by Crippen LogP contribution is -2.36. The molecule has 0 aromatic heterocycles. The maximum atomic E-state index is 12.0. The van der Waals surface area contributed by atoms with E-state index in [1.54, 1.807) is 32.0 Å². The number of carbonyl (C=O) groups excluding carboxylic acids is 2. The van der Waals surface area contributed by atoms with E-state index in [9.17, 15) is 9.59 Å². The van der Waals surface area contributed by atoms with Crippen molar-refractivity contribution in [3.63, 3.8) is 0 Å². The van der Waals surface area contributed by atoms with Crippen molar-refractivity contribution in [1.82, 2.24) is 5.32 Å². The van der Waals surface area contributed by atoms with Crippen LogP contribution in [0, 0.1) is 0 Å². The Bertz CT molecular complexity index is 474. The molecule has 1 rings (SSSR count). The van der Waals surface area contributed by atoms with Crippen molar-refractivity contribution in [2.75, 3.05) is 12.3 Å². The van der Waals surface area contributed by atoms with Gasteiger partial charge >= 0.3 is 5.97 Å². The van der Waals surface area contributed by atoms with Gasteiger partial charge in [0.2, 0.25) is 0 Å². The predicted molar refractivity (Wildman–Crippen MR) is 78.1 cm³/mol. The molecular weight excluding hydrogens is 256 g/mol. The van der Waals surface area contributed by atoms with E-state index < -0.39 is 18.0 Å². The van der Waals surface area contributed by atoms with Crippen molar-refractivity contribution in [3.05, 3.63) is 29.8 Å². The summed E-state index contributed by atoms with van der Waals surface area (Å²) in [6.45, 7) is 5.83. The van der Waals surface area contributed by atoms with E-state index in [0.717, 1.165) is 12.0 Å². The summed E-state index contributed by atoms with van der Waals surface area (Å²) in [5.74, 6) is -1.17. The van der Waals surface area contributed by atoms with Crippen LogP contribution in [0.1, 0.15) is 38.7 Å². The first-order chi connectivity index (χ1) is 9.45. The molecule has 0 aliphatic carbocycles. The highest BCUT2D eigenvalue weighted by Crippen LogP contribution is 2.19. The Balaban J connectivity index is 2.59. The Morgan fingerprint density at radius 1 is 1.35 bits per heavy atom. The van der Waals surface area contributed by atoms with E-state index in [2.05, 4.69) is 5.32 Å². The van der Waals surface area contributed by atoms with Gasteiger partial charge in [-0.15, -0.1) is 0 Å². The monoisotopic (exact) mass is 278 g/mol. The van der Waals surface area contributed by atoms with Crippen LogP contribution in [0.25, 0.3) is 0 Å². The molecule has 2 atom stereocenters. The van der Waals surface area contributed by atoms with Crippen molar-refractivity contribution in [2.45, 2.75) is 39.2 Å². The number of hydrogen-bond acceptors (Lipinski definition) is 4. The molecule has 0 saturated carbocycles. The van der Waals surface area contributed by atoms with Gasteiger partial charge in [-0.3, -0.25) is 9.59 Å². The number of ether oxygens (including phenoxy) is 1. The van der Waals surface area contributed by atoms with Crippen LogP contribution in [0.5, 0.6) is 0 Å². The summed E-state index contributed by atoms with van der Waals surface area (Å²) in [6.07, 6.45) is 0.0455. The number of rotatable bonds is 6. The number of hydrogen-bond donors (Lipinski definition) is 2. The van der Waals surface area contributed by atoms with Gasteiger partial charge in [0.25, 0.3) is 5.91 Å². The fourth-order valence-corrected chi connectivity index (χ4v) is 1.69. The molecule has 0 spiro atoms. The van der Waals surface area contributed by atoms with Gasteiger partial charge in [0.05, 0.1) is 5.92 Å². The molecule has 0 fully saturated rings. The molecule has 1 aromatic carbocycles. The first-order valence-corrected chi connectivity index (χ1v) is 6.79. The van der Waals surface area contributed by atoms with E-state index in [-0.39, 0.29) is 5.91 Å². The fraction of sp³-hybridized carbons (Fsp3) is 0.467. The van der Waals surface area contributed by atoms with Crippen LogP contribution in [0.3, 0.4) is 0 Å². The van der Waals surface area contributed by atoms with Crippen molar-refractivity contribution in [1.29, 1.82) is 0 Å². The predicted octanol–water partition coefficient (Wildman–Crippen LogP) is 1.83. The van der Waals surface area contributed by atoms with Gasteiger partial charge in [-0.2, -0.15) is 0 Å². The van der Waals surface area contributed by atoms with Gasteiger partial charge in [-0.1, -0.05) is 19.1 Å². The zero-order valence-corrected chi connectivity index (χ0v) is 12.2. The molecular formula is C15H22N2O3. The number of anilines is 1. The van der Waals surface area contributed by atoms with Crippen molar-refractivity contribution in [2.24, 2.45) is 0 Å². The largest absolute Gasteiger partial charge is 0.452 e. The Kier molecular flexibility index (Phi) is 6.03. The topological polar surface area (TPSA) is 81.4 Å². The van der Waals surface area contributed by atoms with E-state index in [4.69, 9.17) is 10.5 Å². The highest BCUT2D eigenvalue weighted by atomic mass is 16.5. The van der Waals surface area contributed by atoms with Gasteiger partial charge in [0, 0.05) is 12.2 Å². The lowest BCUT2D eigenvalue weighted by molar-refractivity contribution is -0.155. The van der Waals surface area contributed by atoms with Crippen LogP contribution in [-0.4, -0.2) is 24.5 Å². The minimum Gasteiger partial charge on any atom is -0.452 e. The van der Waals surface area contributed by atoms with Crippen molar-refractivity contribution >= 4 is 17.6 Å². The summed E-state index contributed by atoms with van der Waals surface area (Å²) in [6, 6.07) is 7.08. The minimum atomic E-state index is -0.794. The third kappa shape index (κ3) is 4.57. The van der Waals surface area contributed by atoms with E-state index in [0.29, 0.717) is 12.2 Å². The number of nitrogens with two attached hydrogens (primary N) is 1. The summed E-state index contributed by atoms with van der Waals surface area (Å²) in [5, 5.41) is 2.69. The third-order valence-corrected chi connectivity index (χ3v) is 2.98. The number of nitrogen functional groups attached to an aromatic ring is 1. The number of nitrogens with one attached hydrogen (secondary N) is 1. The van der Waals surface area contributed by atoms with Gasteiger partial charge < -0.3 is 15.8 Å². The van der Waals surface area contributed by atoms with Crippen LogP contribution in [-0.2, 0) is 14.3 Å². The van der Waals surface area contributed by atoms with Crippen LogP contribution in [0.15, 0.2) is 24.3 Å². The van der Waals surface area contributed by atoms with Crippen LogP contribution >= 0.6 is 0 Å². The molecule has 5 heteroatoms. The second-order valence-electron chi connectivity index (χ2n) is 4.76. The quantitative estimate of drug-likeness (QED) is 0.614. The molecule has 3 N–H and O–H groups in total. The summed E-state index contributed by atoms with van der Waals surface area (Å²) >= 11 is 0. The highest BCUT2D eigenvalue weighted by Gasteiger charge is 2.22. The third-order valence-electron chi connectivity index (χ3n) is 2.98. The lowest BCUT2D eigenvalue weighted by atomic mass is 10.0. The van der Waals surface area contributed by atoms with Crippen LogP contribution in [0.2, 0.25) is 0 Å². The Labute approximate surface area is 119 Å². The molecule has 20 heavy (non-hydrogen) atoms. The Hall–Kier alpha value is -2.04. The SMILES string of the molecule is CCCNC(=O)C(C)OC(=O)C(C)c1cccc(N)c1. The molecule has 0 radical (unpaired) electrons. The van der Waals surface area contributed by atoms with Crippen molar-refractivity contribution < 1.29 is 14.3 Å². The first kappa shape index (κ1) is 16.0. The molecule has 0 aliphatic heterocycles. The minimum absolute atomic E-state index is 0.278. The van der Waals surface area contributed by atoms with E-state index in [1.807, 2.05) is 13.0 Å². The molecule has 1 amide bonds. The Morgan fingerprint density at radius 3 is 2.65 bits per heavy atom. The average molecular weight is 278 g/mol. The zero-order valence-electron chi connectivity index (χ0n) is 12.2. The first-order valence-electron chi connectivity index (χ1n) is 6.79. The molecule has 110 valence electrons. The fourth-order valence-electron chi connectivity index (χ4n) is 1.69.